The van der Waals surface area contributed by atoms with Gasteiger partial charge in [0, 0.05) is 17.5 Å². The van der Waals surface area contributed by atoms with Crippen molar-refractivity contribution in [1.29, 1.82) is 0 Å². The van der Waals surface area contributed by atoms with Crippen molar-refractivity contribution in [3.63, 3.8) is 0 Å². The van der Waals surface area contributed by atoms with Gasteiger partial charge in [0.2, 0.25) is 0 Å². The van der Waals surface area contributed by atoms with E-state index in [0.29, 0.717) is 10.6 Å². The van der Waals surface area contributed by atoms with Gasteiger partial charge in [-0.1, -0.05) is 29.8 Å². The molecule has 1 aromatic rings. The molecule has 0 aliphatic carbocycles. The van der Waals surface area contributed by atoms with Gasteiger partial charge >= 0.3 is 6.18 Å². The van der Waals surface area contributed by atoms with E-state index in [9.17, 15) is 13.2 Å². The van der Waals surface area contributed by atoms with E-state index in [1.807, 2.05) is 0 Å². The predicted octanol–water partition coefficient (Wildman–Crippen LogP) is 4.10. The van der Waals surface area contributed by atoms with Gasteiger partial charge in [0.1, 0.15) is 0 Å². The number of benzene rings is 1. The molecule has 6 heteroatoms. The van der Waals surface area contributed by atoms with Crippen LogP contribution in [0.5, 0.6) is 0 Å². The first-order valence-corrected chi connectivity index (χ1v) is 4.85. The molecule has 1 aromatic carbocycles. The molecule has 1 atom stereocenters. The topological polar surface area (TPSA) is 26.0 Å². The Balaban J connectivity index is 0.00000225. The molecule has 0 radical (unpaired) electrons. The Labute approximate surface area is 103 Å². The van der Waals surface area contributed by atoms with E-state index in [1.54, 1.807) is 24.3 Å². The molecule has 1 nitrogen and oxygen atoms in total. The Kier molecular flexibility index (Phi) is 6.15. The Morgan fingerprint density at radius 1 is 1.25 bits per heavy atom. The van der Waals surface area contributed by atoms with Gasteiger partial charge in [-0.05, 0) is 18.1 Å². The van der Waals surface area contributed by atoms with Crippen LogP contribution >= 0.6 is 24.0 Å². The number of rotatable bonds is 3. The first-order valence-electron chi connectivity index (χ1n) is 4.47. The highest BCUT2D eigenvalue weighted by Gasteiger charge is 2.28. The van der Waals surface area contributed by atoms with Gasteiger partial charge in [-0.2, -0.15) is 13.2 Å². The maximum atomic E-state index is 11.9. The van der Waals surface area contributed by atoms with E-state index < -0.39 is 18.6 Å². The van der Waals surface area contributed by atoms with E-state index in [1.165, 1.54) is 0 Å². The summed E-state index contributed by atoms with van der Waals surface area (Å²) in [6.45, 7) is 0. The highest BCUT2D eigenvalue weighted by molar-refractivity contribution is 6.31. The van der Waals surface area contributed by atoms with E-state index in [2.05, 4.69) is 0 Å². The lowest BCUT2D eigenvalue weighted by atomic mass is 10.0. The molecule has 0 bridgehead atoms. The smallest absolute Gasteiger partial charge is 0.324 e. The van der Waals surface area contributed by atoms with Crippen LogP contribution in [0.3, 0.4) is 0 Å². The molecule has 16 heavy (non-hydrogen) atoms. The molecule has 0 amide bonds. The fourth-order valence-corrected chi connectivity index (χ4v) is 1.53. The fourth-order valence-electron chi connectivity index (χ4n) is 1.25. The molecule has 1 rings (SSSR count). The van der Waals surface area contributed by atoms with Crippen LogP contribution in [-0.4, -0.2) is 6.18 Å². The van der Waals surface area contributed by atoms with Crippen LogP contribution in [0.1, 0.15) is 24.4 Å². The lowest BCUT2D eigenvalue weighted by Gasteiger charge is -2.14. The highest BCUT2D eigenvalue weighted by Crippen LogP contribution is 2.29. The standard InChI is InChI=1S/C10H11ClF3N.ClH/c11-8-4-2-1-3-7(8)9(15)5-6-10(12,13)14;/h1-4,9H,5-6,15H2;1H/t9-;/m1./s1. The second-order valence-corrected chi connectivity index (χ2v) is 3.69. The first-order chi connectivity index (χ1) is 6.90. The van der Waals surface area contributed by atoms with Crippen molar-refractivity contribution in [3.05, 3.63) is 34.9 Å². The van der Waals surface area contributed by atoms with E-state index in [4.69, 9.17) is 17.3 Å². The average Bonchev–Trinajstić information content (AvgIpc) is 2.14. The molecule has 0 fully saturated rings. The third-order valence-corrected chi connectivity index (χ3v) is 2.39. The molecule has 2 N–H and O–H groups in total. The quantitative estimate of drug-likeness (QED) is 0.882. The van der Waals surface area contributed by atoms with Crippen LogP contribution < -0.4 is 5.73 Å². The van der Waals surface area contributed by atoms with E-state index >= 15 is 0 Å². The molecule has 0 saturated carbocycles. The molecule has 92 valence electrons. The van der Waals surface area contributed by atoms with Crippen LogP contribution in [0.25, 0.3) is 0 Å². The Morgan fingerprint density at radius 2 is 1.81 bits per heavy atom. The third-order valence-electron chi connectivity index (χ3n) is 2.04. The van der Waals surface area contributed by atoms with Gasteiger partial charge < -0.3 is 5.73 Å². The number of nitrogens with two attached hydrogens (primary N) is 1. The van der Waals surface area contributed by atoms with Gasteiger partial charge in [0.25, 0.3) is 0 Å². The molecular formula is C10H12Cl2F3N. The summed E-state index contributed by atoms with van der Waals surface area (Å²) in [6.07, 6.45) is -5.20. The van der Waals surface area contributed by atoms with Crippen LogP contribution in [0.4, 0.5) is 13.2 Å². The summed E-state index contributed by atoms with van der Waals surface area (Å²) in [4.78, 5) is 0. The Bertz CT molecular complexity index is 328. The van der Waals surface area contributed by atoms with Crippen LogP contribution in [0, 0.1) is 0 Å². The van der Waals surface area contributed by atoms with Crippen LogP contribution in [-0.2, 0) is 0 Å². The van der Waals surface area contributed by atoms with Gasteiger partial charge in [-0.3, -0.25) is 0 Å². The number of alkyl halides is 3. The zero-order valence-electron chi connectivity index (χ0n) is 8.30. The normalized spacial score (nSPS) is 13.1. The highest BCUT2D eigenvalue weighted by atomic mass is 35.5. The summed E-state index contributed by atoms with van der Waals surface area (Å²) < 4.78 is 35.8. The lowest BCUT2D eigenvalue weighted by molar-refractivity contribution is -0.136. The van der Waals surface area contributed by atoms with Crippen LogP contribution in [0.2, 0.25) is 5.02 Å². The maximum Gasteiger partial charge on any atom is 0.389 e. The zero-order chi connectivity index (χ0) is 11.5. The molecule has 0 heterocycles. The second kappa shape index (κ2) is 6.33. The largest absolute Gasteiger partial charge is 0.389 e. The summed E-state index contributed by atoms with van der Waals surface area (Å²) in [5, 5.41) is 0.409. The van der Waals surface area contributed by atoms with Gasteiger partial charge in [-0.25, -0.2) is 0 Å². The molecular weight excluding hydrogens is 262 g/mol. The molecule has 0 spiro atoms. The van der Waals surface area contributed by atoms with Crippen molar-refractivity contribution in [2.75, 3.05) is 0 Å². The van der Waals surface area contributed by atoms with Crippen molar-refractivity contribution < 1.29 is 13.2 Å². The van der Waals surface area contributed by atoms with Gasteiger partial charge in [-0.15, -0.1) is 12.4 Å². The second-order valence-electron chi connectivity index (χ2n) is 3.28. The molecule has 0 unspecified atom stereocenters. The Morgan fingerprint density at radius 3 is 2.31 bits per heavy atom. The summed E-state index contributed by atoms with van der Waals surface area (Å²) >= 11 is 5.81. The summed E-state index contributed by atoms with van der Waals surface area (Å²) in [6, 6.07) is 6.00. The SMILES string of the molecule is Cl.N[C@H](CCC(F)(F)F)c1ccccc1Cl. The van der Waals surface area contributed by atoms with Crippen molar-refractivity contribution >= 4 is 24.0 Å². The minimum absolute atomic E-state index is 0. The van der Waals surface area contributed by atoms with Crippen molar-refractivity contribution in [1.82, 2.24) is 0 Å². The number of hydrogen-bond donors (Lipinski definition) is 1. The molecule has 0 saturated heterocycles. The van der Waals surface area contributed by atoms with Crippen molar-refractivity contribution in [2.45, 2.75) is 25.1 Å². The molecule has 0 aliphatic rings. The summed E-state index contributed by atoms with van der Waals surface area (Å²) in [7, 11) is 0. The number of hydrogen-bond acceptors (Lipinski definition) is 1. The van der Waals surface area contributed by atoms with E-state index in [0.717, 1.165) is 0 Å². The fraction of sp³-hybridized carbons (Fsp3) is 0.400. The van der Waals surface area contributed by atoms with Gasteiger partial charge in [0.05, 0.1) is 0 Å². The Hall–Kier alpha value is -0.450. The van der Waals surface area contributed by atoms with E-state index in [-0.39, 0.29) is 18.8 Å². The summed E-state index contributed by atoms with van der Waals surface area (Å²) in [5.41, 5.74) is 6.18. The minimum Gasteiger partial charge on any atom is -0.324 e. The number of halogens is 5. The van der Waals surface area contributed by atoms with Crippen molar-refractivity contribution in [2.24, 2.45) is 5.73 Å². The monoisotopic (exact) mass is 273 g/mol. The molecule has 0 aromatic heterocycles. The van der Waals surface area contributed by atoms with Crippen molar-refractivity contribution in [3.8, 4) is 0 Å². The van der Waals surface area contributed by atoms with Gasteiger partial charge in [0.15, 0.2) is 0 Å². The van der Waals surface area contributed by atoms with Crippen LogP contribution in [0.15, 0.2) is 24.3 Å². The minimum atomic E-state index is -4.17. The first kappa shape index (κ1) is 15.6. The summed E-state index contributed by atoms with van der Waals surface area (Å²) in [5.74, 6) is 0. The maximum absolute atomic E-state index is 11.9. The average molecular weight is 274 g/mol. The zero-order valence-corrected chi connectivity index (χ0v) is 9.87. The third kappa shape index (κ3) is 5.05. The lowest BCUT2D eigenvalue weighted by Crippen LogP contribution is -2.16. The predicted molar refractivity (Wildman–Crippen MR) is 60.9 cm³/mol. The molecule has 0 aliphatic heterocycles.